The molecule has 0 aliphatic carbocycles. The van der Waals surface area contributed by atoms with E-state index in [2.05, 4.69) is 12.2 Å². The minimum absolute atomic E-state index is 0.0558. The van der Waals surface area contributed by atoms with Crippen molar-refractivity contribution < 1.29 is 19.1 Å². The van der Waals surface area contributed by atoms with Gasteiger partial charge in [-0.05, 0) is 42.3 Å². The van der Waals surface area contributed by atoms with E-state index in [1.165, 1.54) is 11.6 Å². The highest BCUT2D eigenvalue weighted by Gasteiger charge is 2.36. The van der Waals surface area contributed by atoms with Crippen molar-refractivity contribution in [1.82, 2.24) is 0 Å². The number of nitrogens with zero attached hydrogens (tertiary/aromatic N) is 2. The average Bonchev–Trinajstić information content (AvgIpc) is 3.14. The lowest BCUT2D eigenvalue weighted by molar-refractivity contribution is -0.151. The Kier molecular flexibility index (Phi) is 6.25. The van der Waals surface area contributed by atoms with Crippen molar-refractivity contribution in [2.24, 2.45) is 5.92 Å². The molecule has 1 aliphatic rings. The van der Waals surface area contributed by atoms with Crippen LogP contribution in [0.3, 0.4) is 0 Å². The van der Waals surface area contributed by atoms with Crippen LogP contribution >= 0.6 is 0 Å². The summed E-state index contributed by atoms with van der Waals surface area (Å²) in [6.07, 6.45) is 0.965. The summed E-state index contributed by atoms with van der Waals surface area (Å²) >= 11 is 0. The van der Waals surface area contributed by atoms with Crippen LogP contribution in [0, 0.1) is 17.2 Å². The standard InChI is InChI=1S/C22H21N3O4/c1-2-15-6-8-19(9-7-15)25-13-17(11-21(25)27)22(28)29-14-20(26)24-18-5-3-4-16(10-18)12-23/h3-10,17H,2,11,13-14H2,1H3,(H,24,26)/t17-/m0/s1. The number of rotatable bonds is 6. The van der Waals surface area contributed by atoms with E-state index < -0.39 is 24.4 Å². The van der Waals surface area contributed by atoms with E-state index in [0.717, 1.165) is 12.1 Å². The molecule has 1 fully saturated rings. The third-order valence-corrected chi connectivity index (χ3v) is 4.74. The fourth-order valence-electron chi connectivity index (χ4n) is 3.14. The number of carbonyl (C=O) groups is 3. The molecule has 1 heterocycles. The Bertz CT molecular complexity index is 963. The molecule has 3 rings (SSSR count). The largest absolute Gasteiger partial charge is 0.455 e. The first-order valence-electron chi connectivity index (χ1n) is 9.36. The summed E-state index contributed by atoms with van der Waals surface area (Å²) < 4.78 is 5.09. The van der Waals surface area contributed by atoms with Crippen LogP contribution in [0.2, 0.25) is 0 Å². The lowest BCUT2D eigenvalue weighted by Gasteiger charge is -2.17. The van der Waals surface area contributed by atoms with Gasteiger partial charge in [-0.2, -0.15) is 5.26 Å². The number of nitriles is 1. The molecule has 2 aromatic carbocycles. The Morgan fingerprint density at radius 3 is 2.69 bits per heavy atom. The quantitative estimate of drug-likeness (QED) is 0.763. The zero-order chi connectivity index (χ0) is 20.8. The van der Waals surface area contributed by atoms with Crippen molar-refractivity contribution in [1.29, 1.82) is 5.26 Å². The van der Waals surface area contributed by atoms with Crippen molar-refractivity contribution in [3.8, 4) is 6.07 Å². The molecule has 1 aliphatic heterocycles. The van der Waals surface area contributed by atoms with Gasteiger partial charge >= 0.3 is 5.97 Å². The second-order valence-corrected chi connectivity index (χ2v) is 6.77. The van der Waals surface area contributed by atoms with Crippen LogP contribution in [-0.2, 0) is 25.5 Å². The number of hydrogen-bond acceptors (Lipinski definition) is 5. The van der Waals surface area contributed by atoms with Gasteiger partial charge in [-0.25, -0.2) is 0 Å². The molecule has 29 heavy (non-hydrogen) atoms. The normalized spacial score (nSPS) is 15.7. The van der Waals surface area contributed by atoms with Crippen molar-refractivity contribution in [3.05, 3.63) is 59.7 Å². The molecule has 1 atom stereocenters. The Labute approximate surface area is 168 Å². The molecule has 7 nitrogen and oxygen atoms in total. The minimum Gasteiger partial charge on any atom is -0.455 e. The van der Waals surface area contributed by atoms with Crippen LogP contribution in [0.25, 0.3) is 0 Å². The summed E-state index contributed by atoms with van der Waals surface area (Å²) in [5.74, 6) is -1.84. The number of ether oxygens (including phenoxy) is 1. The minimum atomic E-state index is -0.608. The molecule has 0 unspecified atom stereocenters. The molecule has 7 heteroatoms. The fourth-order valence-corrected chi connectivity index (χ4v) is 3.14. The van der Waals surface area contributed by atoms with E-state index >= 15 is 0 Å². The molecule has 0 radical (unpaired) electrons. The first kappa shape index (κ1) is 20.1. The maximum absolute atomic E-state index is 12.3. The third kappa shape index (κ3) is 4.99. The predicted octanol–water partition coefficient (Wildman–Crippen LogP) is 2.66. The number of hydrogen-bond donors (Lipinski definition) is 1. The first-order chi connectivity index (χ1) is 14.0. The highest BCUT2D eigenvalue weighted by atomic mass is 16.5. The van der Waals surface area contributed by atoms with E-state index in [0.29, 0.717) is 11.3 Å². The summed E-state index contributed by atoms with van der Waals surface area (Å²) in [7, 11) is 0. The van der Waals surface area contributed by atoms with Gasteiger partial charge in [0.1, 0.15) is 0 Å². The predicted molar refractivity (Wildman–Crippen MR) is 107 cm³/mol. The second kappa shape index (κ2) is 9.02. The van der Waals surface area contributed by atoms with E-state index in [4.69, 9.17) is 10.00 Å². The van der Waals surface area contributed by atoms with Crippen LogP contribution in [0.4, 0.5) is 11.4 Å². The lowest BCUT2D eigenvalue weighted by atomic mass is 10.1. The Morgan fingerprint density at radius 2 is 2.00 bits per heavy atom. The molecule has 2 amide bonds. The van der Waals surface area contributed by atoms with E-state index in [-0.39, 0.29) is 18.9 Å². The monoisotopic (exact) mass is 391 g/mol. The molecule has 0 bridgehead atoms. The molecular formula is C22H21N3O4. The van der Waals surface area contributed by atoms with Crippen molar-refractivity contribution in [2.45, 2.75) is 19.8 Å². The second-order valence-electron chi connectivity index (χ2n) is 6.77. The van der Waals surface area contributed by atoms with E-state index in [1.54, 1.807) is 23.1 Å². The number of amides is 2. The molecule has 148 valence electrons. The SMILES string of the molecule is CCc1ccc(N2C[C@@H](C(=O)OCC(=O)Nc3cccc(C#N)c3)CC2=O)cc1. The third-order valence-electron chi connectivity index (χ3n) is 4.74. The molecule has 0 saturated carbocycles. The van der Waals surface area contributed by atoms with Crippen molar-refractivity contribution in [3.63, 3.8) is 0 Å². The summed E-state index contributed by atoms with van der Waals surface area (Å²) in [6, 6.07) is 16.1. The Balaban J connectivity index is 1.52. The van der Waals surface area contributed by atoms with Crippen LogP contribution in [0.15, 0.2) is 48.5 Å². The average molecular weight is 391 g/mol. The molecule has 0 spiro atoms. The lowest BCUT2D eigenvalue weighted by Crippen LogP contribution is -2.28. The van der Waals surface area contributed by atoms with Gasteiger partial charge < -0.3 is 15.0 Å². The van der Waals surface area contributed by atoms with E-state index in [1.807, 2.05) is 30.3 Å². The zero-order valence-corrected chi connectivity index (χ0v) is 16.1. The van der Waals surface area contributed by atoms with Gasteiger partial charge in [0, 0.05) is 24.3 Å². The zero-order valence-electron chi connectivity index (χ0n) is 16.1. The van der Waals surface area contributed by atoms with Crippen LogP contribution in [0.1, 0.15) is 24.5 Å². The Morgan fingerprint density at radius 1 is 1.24 bits per heavy atom. The van der Waals surface area contributed by atoms with Gasteiger partial charge in [-0.1, -0.05) is 25.1 Å². The van der Waals surface area contributed by atoms with Gasteiger partial charge in [0.05, 0.1) is 17.6 Å². The molecule has 1 N–H and O–H groups in total. The number of aryl methyl sites for hydroxylation is 1. The van der Waals surface area contributed by atoms with Gasteiger partial charge in [0.25, 0.3) is 5.91 Å². The number of benzene rings is 2. The molecule has 0 aromatic heterocycles. The summed E-state index contributed by atoms with van der Waals surface area (Å²) in [6.45, 7) is 1.83. The van der Waals surface area contributed by atoms with Gasteiger partial charge in [-0.15, -0.1) is 0 Å². The number of anilines is 2. The van der Waals surface area contributed by atoms with Crippen LogP contribution < -0.4 is 10.2 Å². The highest BCUT2D eigenvalue weighted by Crippen LogP contribution is 2.26. The van der Waals surface area contributed by atoms with Crippen molar-refractivity contribution >= 4 is 29.2 Å². The maximum Gasteiger partial charge on any atom is 0.311 e. The number of nitrogens with one attached hydrogen (secondary N) is 1. The smallest absolute Gasteiger partial charge is 0.311 e. The fraction of sp³-hybridized carbons (Fsp3) is 0.273. The topological polar surface area (TPSA) is 99.5 Å². The first-order valence-corrected chi connectivity index (χ1v) is 9.36. The highest BCUT2D eigenvalue weighted by molar-refractivity contribution is 6.00. The van der Waals surface area contributed by atoms with Crippen LogP contribution in [0.5, 0.6) is 0 Å². The summed E-state index contributed by atoms with van der Waals surface area (Å²) in [5, 5.41) is 11.5. The van der Waals surface area contributed by atoms with Crippen molar-refractivity contribution in [2.75, 3.05) is 23.4 Å². The summed E-state index contributed by atoms with van der Waals surface area (Å²) in [4.78, 5) is 38.2. The van der Waals surface area contributed by atoms with Gasteiger partial charge in [-0.3, -0.25) is 14.4 Å². The molecule has 2 aromatic rings. The maximum atomic E-state index is 12.3. The number of esters is 1. The van der Waals surface area contributed by atoms with E-state index in [9.17, 15) is 14.4 Å². The van der Waals surface area contributed by atoms with Gasteiger partial charge in [0.2, 0.25) is 5.91 Å². The Hall–Kier alpha value is -3.66. The van der Waals surface area contributed by atoms with Crippen LogP contribution in [-0.4, -0.2) is 30.9 Å². The molecule has 1 saturated heterocycles. The van der Waals surface area contributed by atoms with Gasteiger partial charge in [0.15, 0.2) is 6.61 Å². The summed E-state index contributed by atoms with van der Waals surface area (Å²) in [5.41, 5.74) is 2.78. The number of carbonyl (C=O) groups excluding carboxylic acids is 3. The molecular weight excluding hydrogens is 370 g/mol.